The van der Waals surface area contributed by atoms with Crippen LogP contribution in [0.15, 0.2) is 53.0 Å². The first-order valence-electron chi connectivity index (χ1n) is 6.04. The van der Waals surface area contributed by atoms with Crippen LogP contribution in [0.25, 0.3) is 0 Å². The summed E-state index contributed by atoms with van der Waals surface area (Å²) >= 11 is 9.25. The van der Waals surface area contributed by atoms with Gasteiger partial charge in [-0.25, -0.2) is 0 Å². The second-order valence-corrected chi connectivity index (χ2v) is 5.48. The van der Waals surface area contributed by atoms with E-state index in [0.717, 1.165) is 4.47 Å². The molecule has 0 aliphatic carbocycles. The fourth-order valence-corrected chi connectivity index (χ4v) is 2.16. The molecule has 0 spiro atoms. The fourth-order valence-electron chi connectivity index (χ4n) is 1.59. The normalized spacial score (nSPS) is 11.8. The number of hydrogen-bond acceptors (Lipinski definition) is 2. The van der Waals surface area contributed by atoms with Gasteiger partial charge in [-0.3, -0.25) is 4.79 Å². The van der Waals surface area contributed by atoms with Gasteiger partial charge >= 0.3 is 0 Å². The van der Waals surface area contributed by atoms with Crippen LogP contribution >= 0.6 is 27.5 Å². The van der Waals surface area contributed by atoms with Crippen molar-refractivity contribution in [2.75, 3.05) is 5.32 Å². The van der Waals surface area contributed by atoms with Gasteiger partial charge in [-0.15, -0.1) is 0 Å². The summed E-state index contributed by atoms with van der Waals surface area (Å²) < 4.78 is 6.43. The lowest BCUT2D eigenvalue weighted by Gasteiger charge is -2.15. The minimum Gasteiger partial charge on any atom is -0.480 e. The summed E-state index contributed by atoms with van der Waals surface area (Å²) in [6, 6.07) is 14.4. The number of carbonyl (C=O) groups excluding carboxylic acids is 1. The highest BCUT2D eigenvalue weighted by Crippen LogP contribution is 2.25. The van der Waals surface area contributed by atoms with Crippen LogP contribution < -0.4 is 10.1 Å². The minimum atomic E-state index is -0.618. The second kappa shape index (κ2) is 6.77. The van der Waals surface area contributed by atoms with Gasteiger partial charge in [0.05, 0.1) is 4.47 Å². The number of para-hydroxylation sites is 1. The standard InChI is InChI=1S/C15H13BrClNO2/c1-10(20-14-8-3-2-7-13(14)16)15(19)18-12-6-4-5-11(17)9-12/h2-10H,1H3,(H,18,19)/t10-/m0/s1. The maximum Gasteiger partial charge on any atom is 0.265 e. The Morgan fingerprint density at radius 2 is 2.00 bits per heavy atom. The molecule has 20 heavy (non-hydrogen) atoms. The number of rotatable bonds is 4. The van der Waals surface area contributed by atoms with Gasteiger partial charge in [0.15, 0.2) is 6.10 Å². The zero-order chi connectivity index (χ0) is 14.5. The van der Waals surface area contributed by atoms with Gasteiger partial charge in [0.1, 0.15) is 5.75 Å². The van der Waals surface area contributed by atoms with Crippen molar-refractivity contribution in [3.8, 4) is 5.75 Å². The van der Waals surface area contributed by atoms with Crippen molar-refractivity contribution in [1.29, 1.82) is 0 Å². The van der Waals surface area contributed by atoms with Crippen molar-refractivity contribution < 1.29 is 9.53 Å². The van der Waals surface area contributed by atoms with E-state index in [4.69, 9.17) is 16.3 Å². The van der Waals surface area contributed by atoms with Crippen LogP contribution in [0.1, 0.15) is 6.92 Å². The molecule has 1 atom stereocenters. The molecule has 2 aromatic carbocycles. The molecule has 0 aromatic heterocycles. The summed E-state index contributed by atoms with van der Waals surface area (Å²) in [7, 11) is 0. The minimum absolute atomic E-state index is 0.233. The first-order chi connectivity index (χ1) is 9.56. The monoisotopic (exact) mass is 353 g/mol. The van der Waals surface area contributed by atoms with Gasteiger partial charge in [-0.2, -0.15) is 0 Å². The van der Waals surface area contributed by atoms with Crippen molar-refractivity contribution in [3.05, 3.63) is 58.0 Å². The molecule has 1 N–H and O–H groups in total. The molecule has 0 heterocycles. The summed E-state index contributed by atoms with van der Waals surface area (Å²) in [5.41, 5.74) is 0.644. The summed E-state index contributed by atoms with van der Waals surface area (Å²) in [6.07, 6.45) is -0.618. The highest BCUT2D eigenvalue weighted by molar-refractivity contribution is 9.10. The topological polar surface area (TPSA) is 38.3 Å². The predicted octanol–water partition coefficient (Wildman–Crippen LogP) is 4.51. The van der Waals surface area contributed by atoms with Gasteiger partial charge in [-0.05, 0) is 53.2 Å². The molecule has 2 rings (SSSR count). The molecule has 0 saturated heterocycles. The Kier molecular flexibility index (Phi) is 5.04. The van der Waals surface area contributed by atoms with Crippen LogP contribution in [0.5, 0.6) is 5.75 Å². The first-order valence-corrected chi connectivity index (χ1v) is 7.21. The summed E-state index contributed by atoms with van der Waals surface area (Å²) in [5, 5.41) is 3.33. The number of amides is 1. The Balaban J connectivity index is 2.01. The number of carbonyl (C=O) groups is 1. The summed E-state index contributed by atoms with van der Waals surface area (Å²) in [4.78, 5) is 12.0. The molecule has 0 aliphatic heterocycles. The maximum absolute atomic E-state index is 12.0. The Morgan fingerprint density at radius 3 is 2.70 bits per heavy atom. The molecule has 0 fully saturated rings. The molecular formula is C15H13BrClNO2. The largest absolute Gasteiger partial charge is 0.480 e. The third-order valence-corrected chi connectivity index (χ3v) is 3.49. The van der Waals surface area contributed by atoms with Gasteiger partial charge in [0, 0.05) is 10.7 Å². The molecular weight excluding hydrogens is 342 g/mol. The van der Waals surface area contributed by atoms with Crippen molar-refractivity contribution >= 4 is 39.1 Å². The van der Waals surface area contributed by atoms with E-state index in [0.29, 0.717) is 16.5 Å². The molecule has 0 aliphatic rings. The Hall–Kier alpha value is -1.52. The quantitative estimate of drug-likeness (QED) is 0.877. The van der Waals surface area contributed by atoms with E-state index in [-0.39, 0.29) is 5.91 Å². The van der Waals surface area contributed by atoms with Crippen LogP contribution in [0, 0.1) is 0 Å². The number of benzene rings is 2. The average Bonchev–Trinajstić information content (AvgIpc) is 2.41. The van der Waals surface area contributed by atoms with Crippen molar-refractivity contribution in [2.24, 2.45) is 0 Å². The zero-order valence-corrected chi connectivity index (χ0v) is 13.1. The molecule has 3 nitrogen and oxygen atoms in total. The van der Waals surface area contributed by atoms with Crippen LogP contribution in [-0.4, -0.2) is 12.0 Å². The smallest absolute Gasteiger partial charge is 0.265 e. The lowest BCUT2D eigenvalue weighted by molar-refractivity contribution is -0.122. The number of hydrogen-bond donors (Lipinski definition) is 1. The van der Waals surface area contributed by atoms with Crippen LogP contribution in [-0.2, 0) is 4.79 Å². The van der Waals surface area contributed by atoms with Crippen molar-refractivity contribution in [2.45, 2.75) is 13.0 Å². The lowest BCUT2D eigenvalue weighted by atomic mass is 10.3. The summed E-state index contributed by atoms with van der Waals surface area (Å²) in [5.74, 6) is 0.393. The Labute approximate surface area is 131 Å². The molecule has 1 amide bonds. The van der Waals surface area contributed by atoms with E-state index in [1.54, 1.807) is 37.3 Å². The Bertz CT molecular complexity index is 618. The number of nitrogens with one attached hydrogen (secondary N) is 1. The lowest BCUT2D eigenvalue weighted by Crippen LogP contribution is -2.30. The third kappa shape index (κ3) is 3.99. The number of halogens is 2. The first kappa shape index (κ1) is 14.9. The SMILES string of the molecule is C[C@H](Oc1ccccc1Br)C(=O)Nc1cccc(Cl)c1. The molecule has 0 saturated carbocycles. The average molecular weight is 355 g/mol. The van der Waals surface area contributed by atoms with Crippen LogP contribution in [0.2, 0.25) is 5.02 Å². The molecule has 0 radical (unpaired) electrons. The number of anilines is 1. The summed E-state index contributed by atoms with van der Waals surface area (Å²) in [6.45, 7) is 1.69. The molecule has 104 valence electrons. The van der Waals surface area contributed by atoms with Gasteiger partial charge in [0.2, 0.25) is 0 Å². The van der Waals surface area contributed by atoms with Crippen LogP contribution in [0.4, 0.5) is 5.69 Å². The fraction of sp³-hybridized carbons (Fsp3) is 0.133. The highest BCUT2D eigenvalue weighted by atomic mass is 79.9. The van der Waals surface area contributed by atoms with E-state index in [2.05, 4.69) is 21.2 Å². The number of ether oxygens (including phenoxy) is 1. The van der Waals surface area contributed by atoms with Gasteiger partial charge in [-0.1, -0.05) is 29.8 Å². The van der Waals surface area contributed by atoms with E-state index >= 15 is 0 Å². The maximum atomic E-state index is 12.0. The highest BCUT2D eigenvalue weighted by Gasteiger charge is 2.16. The molecule has 2 aromatic rings. The van der Waals surface area contributed by atoms with E-state index in [9.17, 15) is 4.79 Å². The van der Waals surface area contributed by atoms with E-state index < -0.39 is 6.10 Å². The van der Waals surface area contributed by atoms with E-state index in [1.807, 2.05) is 18.2 Å². The second-order valence-electron chi connectivity index (χ2n) is 4.19. The van der Waals surface area contributed by atoms with E-state index in [1.165, 1.54) is 0 Å². The van der Waals surface area contributed by atoms with Crippen molar-refractivity contribution in [1.82, 2.24) is 0 Å². The van der Waals surface area contributed by atoms with Gasteiger partial charge < -0.3 is 10.1 Å². The van der Waals surface area contributed by atoms with Crippen molar-refractivity contribution in [3.63, 3.8) is 0 Å². The third-order valence-electron chi connectivity index (χ3n) is 2.60. The zero-order valence-electron chi connectivity index (χ0n) is 10.8. The molecule has 0 bridgehead atoms. The van der Waals surface area contributed by atoms with Crippen LogP contribution in [0.3, 0.4) is 0 Å². The predicted molar refractivity (Wildman–Crippen MR) is 84.3 cm³/mol. The van der Waals surface area contributed by atoms with Gasteiger partial charge in [0.25, 0.3) is 5.91 Å². The molecule has 0 unspecified atom stereocenters. The molecule has 5 heteroatoms. The Morgan fingerprint density at radius 1 is 1.25 bits per heavy atom.